The average molecular weight is 385 g/mol. The molecule has 0 saturated carbocycles. The highest BCUT2D eigenvalue weighted by atomic mass is 32.1. The third-order valence-electron chi connectivity index (χ3n) is 5.69. The molecule has 1 aromatic heterocycles. The standard InChI is InChI=1S/C21H28N4OS/c1-17(21(26)25-9-5-6-10-25)24-13-11-23(12-14-24)15-19-16-27-20(22-19)18-7-3-2-4-8-18/h2-4,7-8,16-17H,5-6,9-15H2,1H3. The normalized spacial score (nSPS) is 20.1. The first kappa shape index (κ1) is 18.6. The van der Waals surface area contributed by atoms with Crippen molar-refractivity contribution in [3.8, 4) is 10.6 Å². The van der Waals surface area contributed by atoms with Crippen LogP contribution in [0.15, 0.2) is 35.7 Å². The number of piperazine rings is 1. The summed E-state index contributed by atoms with van der Waals surface area (Å²) in [6.07, 6.45) is 2.32. The van der Waals surface area contributed by atoms with E-state index in [1.807, 2.05) is 11.0 Å². The summed E-state index contributed by atoms with van der Waals surface area (Å²) in [5, 5.41) is 3.27. The fourth-order valence-corrected chi connectivity index (χ4v) is 4.81. The number of hydrogen-bond acceptors (Lipinski definition) is 5. The SMILES string of the molecule is CC(C(=O)N1CCCC1)N1CCN(Cc2csc(-c3ccccc3)n2)CC1. The minimum Gasteiger partial charge on any atom is -0.341 e. The first-order chi connectivity index (χ1) is 13.2. The van der Waals surface area contributed by atoms with E-state index < -0.39 is 0 Å². The zero-order chi connectivity index (χ0) is 18.6. The van der Waals surface area contributed by atoms with Gasteiger partial charge in [-0.1, -0.05) is 30.3 Å². The van der Waals surface area contributed by atoms with Crippen LogP contribution in [-0.2, 0) is 11.3 Å². The molecule has 3 heterocycles. The summed E-state index contributed by atoms with van der Waals surface area (Å²) in [7, 11) is 0. The third kappa shape index (κ3) is 4.39. The summed E-state index contributed by atoms with van der Waals surface area (Å²) < 4.78 is 0. The molecule has 1 unspecified atom stereocenters. The fourth-order valence-electron chi connectivity index (χ4n) is 3.99. The van der Waals surface area contributed by atoms with Crippen LogP contribution in [0.3, 0.4) is 0 Å². The van der Waals surface area contributed by atoms with Crippen LogP contribution < -0.4 is 0 Å². The molecule has 2 fully saturated rings. The third-order valence-corrected chi connectivity index (χ3v) is 6.63. The number of likely N-dealkylation sites (tertiary alicyclic amines) is 1. The van der Waals surface area contributed by atoms with Crippen LogP contribution in [0.25, 0.3) is 10.6 Å². The van der Waals surface area contributed by atoms with Crippen LogP contribution in [0.2, 0.25) is 0 Å². The summed E-state index contributed by atoms with van der Waals surface area (Å²) in [5.41, 5.74) is 2.33. The second-order valence-corrected chi connectivity index (χ2v) is 8.39. The number of nitrogens with zero attached hydrogens (tertiary/aromatic N) is 4. The molecule has 1 amide bonds. The Morgan fingerprint density at radius 1 is 1.07 bits per heavy atom. The van der Waals surface area contributed by atoms with E-state index in [1.54, 1.807) is 11.3 Å². The number of benzene rings is 1. The quantitative estimate of drug-likeness (QED) is 0.795. The number of thiazole rings is 1. The smallest absolute Gasteiger partial charge is 0.239 e. The van der Waals surface area contributed by atoms with Crippen LogP contribution in [0.4, 0.5) is 0 Å². The Hall–Kier alpha value is -1.76. The van der Waals surface area contributed by atoms with E-state index in [9.17, 15) is 4.79 Å². The summed E-state index contributed by atoms with van der Waals surface area (Å²) in [4.78, 5) is 24.3. The summed E-state index contributed by atoms with van der Waals surface area (Å²) in [5.74, 6) is 0.313. The van der Waals surface area contributed by atoms with Crippen molar-refractivity contribution in [3.63, 3.8) is 0 Å². The Bertz CT molecular complexity index is 749. The summed E-state index contributed by atoms with van der Waals surface area (Å²) in [6, 6.07) is 10.4. The first-order valence-electron chi connectivity index (χ1n) is 9.96. The predicted molar refractivity (Wildman–Crippen MR) is 110 cm³/mol. The van der Waals surface area contributed by atoms with Crippen LogP contribution in [-0.4, -0.2) is 70.9 Å². The van der Waals surface area contributed by atoms with Gasteiger partial charge >= 0.3 is 0 Å². The van der Waals surface area contributed by atoms with Crippen molar-refractivity contribution in [3.05, 3.63) is 41.4 Å². The zero-order valence-corrected chi connectivity index (χ0v) is 16.8. The highest BCUT2D eigenvalue weighted by molar-refractivity contribution is 7.13. The van der Waals surface area contributed by atoms with E-state index in [0.29, 0.717) is 5.91 Å². The highest BCUT2D eigenvalue weighted by Crippen LogP contribution is 2.24. The van der Waals surface area contributed by atoms with Crippen molar-refractivity contribution in [2.24, 2.45) is 0 Å². The molecule has 1 aromatic carbocycles. The van der Waals surface area contributed by atoms with Gasteiger partial charge in [0.15, 0.2) is 0 Å². The molecule has 6 heteroatoms. The molecular formula is C21H28N4OS. The van der Waals surface area contributed by atoms with E-state index in [-0.39, 0.29) is 6.04 Å². The predicted octanol–water partition coefficient (Wildman–Crippen LogP) is 2.94. The molecule has 144 valence electrons. The van der Waals surface area contributed by atoms with Gasteiger partial charge in [-0.15, -0.1) is 11.3 Å². The van der Waals surface area contributed by atoms with Crippen molar-refractivity contribution < 1.29 is 4.79 Å². The maximum atomic E-state index is 12.6. The molecule has 4 rings (SSSR count). The molecule has 0 N–H and O–H groups in total. The van der Waals surface area contributed by atoms with Crippen molar-refractivity contribution in [2.45, 2.75) is 32.4 Å². The zero-order valence-electron chi connectivity index (χ0n) is 16.0. The van der Waals surface area contributed by atoms with Crippen LogP contribution in [0.1, 0.15) is 25.5 Å². The highest BCUT2D eigenvalue weighted by Gasteiger charge is 2.29. The van der Waals surface area contributed by atoms with E-state index in [0.717, 1.165) is 69.4 Å². The average Bonchev–Trinajstić information content (AvgIpc) is 3.40. The second kappa shape index (κ2) is 8.50. The molecule has 2 aliphatic heterocycles. The molecule has 0 bridgehead atoms. The monoisotopic (exact) mass is 384 g/mol. The lowest BCUT2D eigenvalue weighted by molar-refractivity contribution is -0.136. The van der Waals surface area contributed by atoms with Crippen molar-refractivity contribution >= 4 is 17.2 Å². The summed E-state index contributed by atoms with van der Waals surface area (Å²) in [6.45, 7) is 8.75. The fraction of sp³-hybridized carbons (Fsp3) is 0.524. The van der Waals surface area contributed by atoms with Gasteiger partial charge in [0.2, 0.25) is 5.91 Å². The number of carbonyl (C=O) groups is 1. The maximum absolute atomic E-state index is 12.6. The molecule has 0 aliphatic carbocycles. The second-order valence-electron chi connectivity index (χ2n) is 7.53. The minimum atomic E-state index is 0.00852. The molecule has 2 aliphatic rings. The van der Waals surface area contributed by atoms with Gasteiger partial charge in [0, 0.05) is 56.8 Å². The first-order valence-corrected chi connectivity index (χ1v) is 10.8. The van der Waals surface area contributed by atoms with Crippen LogP contribution in [0, 0.1) is 0 Å². The topological polar surface area (TPSA) is 39.7 Å². The maximum Gasteiger partial charge on any atom is 0.239 e. The van der Waals surface area contributed by atoms with Gasteiger partial charge in [0.05, 0.1) is 11.7 Å². The van der Waals surface area contributed by atoms with E-state index in [2.05, 4.69) is 46.4 Å². The molecule has 5 nitrogen and oxygen atoms in total. The van der Waals surface area contributed by atoms with Gasteiger partial charge in [-0.25, -0.2) is 4.98 Å². The van der Waals surface area contributed by atoms with Crippen molar-refractivity contribution in [1.82, 2.24) is 19.7 Å². The molecule has 1 atom stereocenters. The number of carbonyl (C=O) groups excluding carboxylic acids is 1. The lowest BCUT2D eigenvalue weighted by Gasteiger charge is -2.38. The molecule has 0 spiro atoms. The van der Waals surface area contributed by atoms with Gasteiger partial charge in [0.1, 0.15) is 5.01 Å². The Balaban J connectivity index is 1.28. The van der Waals surface area contributed by atoms with Crippen LogP contribution >= 0.6 is 11.3 Å². The van der Waals surface area contributed by atoms with Crippen molar-refractivity contribution in [2.75, 3.05) is 39.3 Å². The Kier molecular flexibility index (Phi) is 5.86. The Morgan fingerprint density at radius 2 is 1.78 bits per heavy atom. The lowest BCUT2D eigenvalue weighted by Crippen LogP contribution is -2.54. The number of amides is 1. The Labute approximate surface area is 165 Å². The summed E-state index contributed by atoms with van der Waals surface area (Å²) >= 11 is 1.72. The van der Waals surface area contributed by atoms with Gasteiger partial charge in [-0.05, 0) is 19.8 Å². The molecule has 0 radical (unpaired) electrons. The van der Waals surface area contributed by atoms with Crippen LogP contribution in [0.5, 0.6) is 0 Å². The van der Waals surface area contributed by atoms with Gasteiger partial charge in [-0.2, -0.15) is 0 Å². The van der Waals surface area contributed by atoms with E-state index in [1.165, 1.54) is 5.56 Å². The molecular weight excluding hydrogens is 356 g/mol. The molecule has 27 heavy (non-hydrogen) atoms. The number of hydrogen-bond donors (Lipinski definition) is 0. The number of rotatable bonds is 5. The van der Waals surface area contributed by atoms with E-state index >= 15 is 0 Å². The van der Waals surface area contributed by atoms with Gasteiger partial charge in [-0.3, -0.25) is 14.6 Å². The van der Waals surface area contributed by atoms with E-state index in [4.69, 9.17) is 4.98 Å². The number of aromatic nitrogens is 1. The molecule has 2 saturated heterocycles. The minimum absolute atomic E-state index is 0.00852. The van der Waals surface area contributed by atoms with Gasteiger partial charge < -0.3 is 4.90 Å². The van der Waals surface area contributed by atoms with Gasteiger partial charge in [0.25, 0.3) is 0 Å². The Morgan fingerprint density at radius 3 is 2.48 bits per heavy atom. The van der Waals surface area contributed by atoms with Crippen molar-refractivity contribution in [1.29, 1.82) is 0 Å². The largest absolute Gasteiger partial charge is 0.341 e. The molecule has 2 aromatic rings. The lowest BCUT2D eigenvalue weighted by atomic mass is 10.2.